The van der Waals surface area contributed by atoms with Gasteiger partial charge in [0.05, 0.1) is 5.92 Å². The summed E-state index contributed by atoms with van der Waals surface area (Å²) in [6, 6.07) is 15.5. The van der Waals surface area contributed by atoms with Gasteiger partial charge in [-0.15, -0.1) is 0 Å². The number of aromatic hydroxyl groups is 1. The molecule has 27 heavy (non-hydrogen) atoms. The van der Waals surface area contributed by atoms with Gasteiger partial charge in [0, 0.05) is 43.4 Å². The maximum Gasteiger partial charge on any atom is 0.227 e. The van der Waals surface area contributed by atoms with E-state index in [-0.39, 0.29) is 42.9 Å². The molecule has 1 aliphatic heterocycles. The molecule has 0 bridgehead atoms. The number of nitrogens with zero attached hydrogens (tertiary/aromatic N) is 1. The molecule has 0 spiro atoms. The van der Waals surface area contributed by atoms with Gasteiger partial charge in [-0.2, -0.15) is 0 Å². The van der Waals surface area contributed by atoms with E-state index in [9.17, 15) is 19.5 Å². The molecule has 2 aromatic rings. The third-order valence-corrected chi connectivity index (χ3v) is 4.34. The largest absolute Gasteiger partial charge is 0.508 e. The first kappa shape index (κ1) is 18.4. The maximum atomic E-state index is 12.3. The van der Waals surface area contributed by atoms with Crippen molar-refractivity contribution in [1.29, 1.82) is 0 Å². The highest BCUT2D eigenvalue weighted by Gasteiger charge is 2.34. The first-order valence-corrected chi connectivity index (χ1v) is 8.75. The van der Waals surface area contributed by atoms with Crippen LogP contribution < -0.4 is 15.5 Å². The van der Waals surface area contributed by atoms with Gasteiger partial charge in [0.25, 0.3) is 0 Å². The summed E-state index contributed by atoms with van der Waals surface area (Å²) in [5, 5.41) is 14.7. The Balaban J connectivity index is 1.44. The molecule has 1 atom stereocenters. The second-order valence-corrected chi connectivity index (χ2v) is 6.38. The lowest BCUT2D eigenvalue weighted by molar-refractivity contribution is -0.126. The zero-order valence-electron chi connectivity index (χ0n) is 14.7. The number of phenols is 1. The fourth-order valence-corrected chi connectivity index (χ4v) is 2.99. The molecular formula is C20H21N3O4. The minimum atomic E-state index is -0.424. The average molecular weight is 367 g/mol. The highest BCUT2D eigenvalue weighted by atomic mass is 16.3. The van der Waals surface area contributed by atoms with Gasteiger partial charge >= 0.3 is 0 Å². The van der Waals surface area contributed by atoms with Crippen LogP contribution in [0.15, 0.2) is 54.6 Å². The quantitative estimate of drug-likeness (QED) is 0.726. The van der Waals surface area contributed by atoms with Gasteiger partial charge in [-0.25, -0.2) is 0 Å². The lowest BCUT2D eigenvalue weighted by Crippen LogP contribution is -2.34. The van der Waals surface area contributed by atoms with E-state index in [1.165, 1.54) is 12.1 Å². The molecule has 3 amide bonds. The number of carbonyl (C=O) groups is 3. The number of hydrogen-bond acceptors (Lipinski definition) is 4. The zero-order valence-corrected chi connectivity index (χ0v) is 14.7. The fraction of sp³-hybridized carbons (Fsp3) is 0.250. The molecule has 2 aromatic carbocycles. The molecule has 140 valence electrons. The highest BCUT2D eigenvalue weighted by molar-refractivity contribution is 6.00. The number of hydrogen-bond donors (Lipinski definition) is 3. The monoisotopic (exact) mass is 367 g/mol. The molecule has 0 saturated carbocycles. The Morgan fingerprint density at radius 1 is 1.11 bits per heavy atom. The van der Waals surface area contributed by atoms with E-state index in [0.29, 0.717) is 12.2 Å². The van der Waals surface area contributed by atoms with Crippen LogP contribution in [0, 0.1) is 5.92 Å². The smallest absolute Gasteiger partial charge is 0.227 e. The molecule has 1 unspecified atom stereocenters. The third-order valence-electron chi connectivity index (χ3n) is 4.34. The number of nitrogens with one attached hydrogen (secondary N) is 2. The standard InChI is InChI=1S/C20H21N3O4/c24-17-8-4-5-15(12-17)22-18(25)9-10-21-20(27)14-11-19(26)23(13-14)16-6-2-1-3-7-16/h1-8,12,14,24H,9-11,13H2,(H,21,27)(H,22,25). The van der Waals surface area contributed by atoms with Crippen LogP contribution >= 0.6 is 0 Å². The van der Waals surface area contributed by atoms with Crippen LogP contribution in [0.5, 0.6) is 5.75 Å². The van der Waals surface area contributed by atoms with Crippen molar-refractivity contribution in [2.24, 2.45) is 5.92 Å². The summed E-state index contributed by atoms with van der Waals surface area (Å²) >= 11 is 0. The van der Waals surface area contributed by atoms with Crippen molar-refractivity contribution in [1.82, 2.24) is 5.32 Å². The Labute approximate surface area is 157 Å². The number of anilines is 2. The van der Waals surface area contributed by atoms with Gasteiger partial charge < -0.3 is 20.6 Å². The molecule has 1 fully saturated rings. The second-order valence-electron chi connectivity index (χ2n) is 6.38. The molecular weight excluding hydrogens is 346 g/mol. The predicted molar refractivity (Wildman–Crippen MR) is 101 cm³/mol. The topological polar surface area (TPSA) is 98.7 Å². The molecule has 1 aliphatic rings. The zero-order chi connectivity index (χ0) is 19.2. The van der Waals surface area contributed by atoms with Crippen LogP contribution in [0.1, 0.15) is 12.8 Å². The molecule has 0 aromatic heterocycles. The Kier molecular flexibility index (Phi) is 5.71. The van der Waals surface area contributed by atoms with Gasteiger partial charge in [-0.3, -0.25) is 14.4 Å². The summed E-state index contributed by atoms with van der Waals surface area (Å²) in [5.41, 5.74) is 1.27. The second kappa shape index (κ2) is 8.35. The minimum absolute atomic E-state index is 0.0648. The Morgan fingerprint density at radius 3 is 2.63 bits per heavy atom. The van der Waals surface area contributed by atoms with Crippen LogP contribution in [0.3, 0.4) is 0 Å². The Morgan fingerprint density at radius 2 is 1.89 bits per heavy atom. The molecule has 7 heteroatoms. The molecule has 1 saturated heterocycles. The van der Waals surface area contributed by atoms with Crippen molar-refractivity contribution >= 4 is 29.1 Å². The maximum absolute atomic E-state index is 12.3. The molecule has 0 radical (unpaired) electrons. The van der Waals surface area contributed by atoms with E-state index in [0.717, 1.165) is 5.69 Å². The summed E-state index contributed by atoms with van der Waals surface area (Å²) in [7, 11) is 0. The minimum Gasteiger partial charge on any atom is -0.508 e. The summed E-state index contributed by atoms with van der Waals surface area (Å²) < 4.78 is 0. The van der Waals surface area contributed by atoms with Gasteiger partial charge in [-0.05, 0) is 24.3 Å². The van der Waals surface area contributed by atoms with Gasteiger partial charge in [0.15, 0.2) is 0 Å². The fourth-order valence-electron chi connectivity index (χ4n) is 2.99. The van der Waals surface area contributed by atoms with E-state index in [4.69, 9.17) is 0 Å². The highest BCUT2D eigenvalue weighted by Crippen LogP contribution is 2.24. The molecule has 3 N–H and O–H groups in total. The normalized spacial score (nSPS) is 16.2. The number of amides is 3. The van der Waals surface area contributed by atoms with E-state index in [1.54, 1.807) is 17.0 Å². The van der Waals surface area contributed by atoms with Crippen molar-refractivity contribution in [2.45, 2.75) is 12.8 Å². The SMILES string of the molecule is O=C(CCNC(=O)C1CC(=O)N(c2ccccc2)C1)Nc1cccc(O)c1. The molecule has 7 nitrogen and oxygen atoms in total. The van der Waals surface area contributed by atoms with Crippen molar-refractivity contribution in [2.75, 3.05) is 23.3 Å². The number of phenolic OH excluding ortho intramolecular Hbond substituents is 1. The molecule has 1 heterocycles. The third kappa shape index (κ3) is 4.84. The van der Waals surface area contributed by atoms with Crippen molar-refractivity contribution in [3.8, 4) is 5.75 Å². The van der Waals surface area contributed by atoms with E-state index >= 15 is 0 Å². The van der Waals surface area contributed by atoms with E-state index in [2.05, 4.69) is 10.6 Å². The van der Waals surface area contributed by atoms with Crippen molar-refractivity contribution < 1.29 is 19.5 Å². The Bertz CT molecular complexity index is 838. The summed E-state index contributed by atoms with van der Waals surface area (Å²) in [6.45, 7) is 0.518. The number of benzene rings is 2. The van der Waals surface area contributed by atoms with Crippen molar-refractivity contribution in [3.05, 3.63) is 54.6 Å². The van der Waals surface area contributed by atoms with Gasteiger partial charge in [0.2, 0.25) is 17.7 Å². The van der Waals surface area contributed by atoms with Crippen LogP contribution in [0.4, 0.5) is 11.4 Å². The lowest BCUT2D eigenvalue weighted by atomic mass is 10.1. The van der Waals surface area contributed by atoms with Crippen LogP contribution in [0.2, 0.25) is 0 Å². The van der Waals surface area contributed by atoms with Crippen LogP contribution in [-0.2, 0) is 14.4 Å². The van der Waals surface area contributed by atoms with Crippen molar-refractivity contribution in [3.63, 3.8) is 0 Å². The first-order chi connectivity index (χ1) is 13.0. The molecule has 0 aliphatic carbocycles. The summed E-state index contributed by atoms with van der Waals surface area (Å²) in [4.78, 5) is 38.0. The Hall–Kier alpha value is -3.35. The first-order valence-electron chi connectivity index (χ1n) is 8.75. The van der Waals surface area contributed by atoms with Gasteiger partial charge in [0.1, 0.15) is 5.75 Å². The van der Waals surface area contributed by atoms with Gasteiger partial charge in [-0.1, -0.05) is 24.3 Å². The van der Waals surface area contributed by atoms with Crippen LogP contribution in [-0.4, -0.2) is 35.9 Å². The average Bonchev–Trinajstić information content (AvgIpc) is 3.04. The van der Waals surface area contributed by atoms with E-state index in [1.807, 2.05) is 30.3 Å². The molecule has 3 rings (SSSR count). The lowest BCUT2D eigenvalue weighted by Gasteiger charge is -2.16. The summed E-state index contributed by atoms with van der Waals surface area (Å²) in [6.07, 6.45) is 0.265. The number of carbonyl (C=O) groups excluding carboxylic acids is 3. The predicted octanol–water partition coefficient (Wildman–Crippen LogP) is 1.89. The van der Waals surface area contributed by atoms with E-state index < -0.39 is 5.92 Å². The number of para-hydroxylation sites is 1. The van der Waals surface area contributed by atoms with Crippen LogP contribution in [0.25, 0.3) is 0 Å². The number of rotatable bonds is 6. The summed E-state index contributed by atoms with van der Waals surface area (Å²) in [5.74, 6) is -0.939.